The van der Waals surface area contributed by atoms with E-state index in [4.69, 9.17) is 4.74 Å². The number of carbonyl (C=O) groups excluding carboxylic acids is 1. The fourth-order valence-corrected chi connectivity index (χ4v) is 3.89. The fourth-order valence-electron chi connectivity index (χ4n) is 2.90. The van der Waals surface area contributed by atoms with Gasteiger partial charge in [-0.25, -0.2) is 5.43 Å². The summed E-state index contributed by atoms with van der Waals surface area (Å²) in [6.45, 7) is -0.133. The topological polar surface area (TPSA) is 66.5 Å². The summed E-state index contributed by atoms with van der Waals surface area (Å²) in [5, 5.41) is 7.14. The van der Waals surface area contributed by atoms with Gasteiger partial charge in [-0.15, -0.1) is 0 Å². The SMILES string of the molecule is O=C(COc1ccc2cc(Br)ccc2c1Br)N/N=C/c1c[nH]c2ccccc12. The number of fused-ring (bicyclic) bond motifs is 2. The maximum Gasteiger partial charge on any atom is 0.277 e. The van der Waals surface area contributed by atoms with Crippen LogP contribution < -0.4 is 10.2 Å². The summed E-state index contributed by atoms with van der Waals surface area (Å²) in [6.07, 6.45) is 3.46. The van der Waals surface area contributed by atoms with Crippen molar-refractivity contribution in [3.05, 3.63) is 75.3 Å². The summed E-state index contributed by atoms with van der Waals surface area (Å²) in [4.78, 5) is 15.2. The number of carbonyl (C=O) groups is 1. The molecule has 0 aliphatic carbocycles. The summed E-state index contributed by atoms with van der Waals surface area (Å²) < 4.78 is 7.46. The highest BCUT2D eigenvalue weighted by Gasteiger charge is 2.09. The molecular formula is C21H15Br2N3O2. The molecule has 1 amide bonds. The van der Waals surface area contributed by atoms with E-state index < -0.39 is 0 Å². The first-order chi connectivity index (χ1) is 13.6. The predicted molar refractivity (Wildman–Crippen MR) is 119 cm³/mol. The van der Waals surface area contributed by atoms with Crippen LogP contribution in [0.4, 0.5) is 0 Å². The third-order valence-corrected chi connectivity index (χ3v) is 5.56. The Morgan fingerprint density at radius 1 is 1.11 bits per heavy atom. The quantitative estimate of drug-likeness (QED) is 0.285. The first kappa shape index (κ1) is 18.7. The van der Waals surface area contributed by atoms with Crippen molar-refractivity contribution >= 4 is 65.7 Å². The molecular weight excluding hydrogens is 486 g/mol. The van der Waals surface area contributed by atoms with Gasteiger partial charge in [0.15, 0.2) is 6.61 Å². The lowest BCUT2D eigenvalue weighted by molar-refractivity contribution is -0.123. The van der Waals surface area contributed by atoms with Crippen LogP contribution in [0, 0.1) is 0 Å². The van der Waals surface area contributed by atoms with Gasteiger partial charge in [-0.1, -0.05) is 46.3 Å². The standard InChI is InChI=1S/C21H15Br2N3O2/c22-15-6-7-17-13(9-15)5-8-19(21(17)23)28-12-20(27)26-25-11-14-10-24-18-4-2-1-3-16(14)18/h1-11,24H,12H2,(H,26,27)/b25-11+. The van der Waals surface area contributed by atoms with Gasteiger partial charge in [0.25, 0.3) is 5.91 Å². The van der Waals surface area contributed by atoms with Crippen molar-refractivity contribution in [3.63, 3.8) is 0 Å². The maximum atomic E-state index is 12.0. The molecule has 140 valence electrons. The van der Waals surface area contributed by atoms with E-state index in [1.807, 2.05) is 60.8 Å². The molecule has 0 saturated carbocycles. The zero-order chi connectivity index (χ0) is 19.5. The minimum atomic E-state index is -0.334. The summed E-state index contributed by atoms with van der Waals surface area (Å²) in [7, 11) is 0. The van der Waals surface area contributed by atoms with E-state index >= 15 is 0 Å². The van der Waals surface area contributed by atoms with Gasteiger partial charge in [-0.2, -0.15) is 5.10 Å². The Balaban J connectivity index is 1.39. The molecule has 4 aromatic rings. The summed E-state index contributed by atoms with van der Waals surface area (Å²) >= 11 is 7.02. The highest BCUT2D eigenvalue weighted by molar-refractivity contribution is 9.11. The second-order valence-electron chi connectivity index (χ2n) is 6.11. The molecule has 0 atom stereocenters. The van der Waals surface area contributed by atoms with Crippen molar-refractivity contribution in [2.45, 2.75) is 0 Å². The van der Waals surface area contributed by atoms with Gasteiger partial charge in [0.05, 0.1) is 10.7 Å². The molecule has 4 rings (SSSR count). The number of amides is 1. The van der Waals surface area contributed by atoms with E-state index in [2.05, 4.69) is 47.4 Å². The number of para-hydroxylation sites is 1. The fraction of sp³-hybridized carbons (Fsp3) is 0.0476. The molecule has 0 radical (unpaired) electrons. The second-order valence-corrected chi connectivity index (χ2v) is 7.82. The Morgan fingerprint density at radius 3 is 2.86 bits per heavy atom. The molecule has 0 bridgehead atoms. The van der Waals surface area contributed by atoms with Gasteiger partial charge in [0, 0.05) is 27.1 Å². The Labute approximate surface area is 178 Å². The molecule has 1 aromatic heterocycles. The minimum absolute atomic E-state index is 0.133. The number of benzene rings is 3. The molecule has 7 heteroatoms. The molecule has 0 unspecified atom stereocenters. The molecule has 0 aliphatic heterocycles. The van der Waals surface area contributed by atoms with Crippen molar-refractivity contribution in [2.24, 2.45) is 5.10 Å². The number of rotatable bonds is 5. The third kappa shape index (κ3) is 3.95. The van der Waals surface area contributed by atoms with Crippen LogP contribution in [0.2, 0.25) is 0 Å². The van der Waals surface area contributed by atoms with Crippen molar-refractivity contribution < 1.29 is 9.53 Å². The highest BCUT2D eigenvalue weighted by Crippen LogP contribution is 2.34. The normalized spacial score (nSPS) is 11.4. The van der Waals surface area contributed by atoms with Crippen LogP contribution in [0.1, 0.15) is 5.56 Å². The molecule has 3 aromatic carbocycles. The third-order valence-electron chi connectivity index (χ3n) is 4.25. The van der Waals surface area contributed by atoms with Crippen LogP contribution in [-0.4, -0.2) is 23.7 Å². The Morgan fingerprint density at radius 2 is 1.96 bits per heavy atom. The first-order valence-corrected chi connectivity index (χ1v) is 10.1. The average Bonchev–Trinajstić information content (AvgIpc) is 3.11. The van der Waals surface area contributed by atoms with E-state index in [9.17, 15) is 4.79 Å². The number of halogens is 2. The van der Waals surface area contributed by atoms with Crippen molar-refractivity contribution in [3.8, 4) is 5.75 Å². The van der Waals surface area contributed by atoms with Gasteiger partial charge in [0.2, 0.25) is 0 Å². The lowest BCUT2D eigenvalue weighted by Gasteiger charge is -2.10. The summed E-state index contributed by atoms with van der Waals surface area (Å²) in [5.41, 5.74) is 4.41. The van der Waals surface area contributed by atoms with Crippen molar-refractivity contribution in [1.82, 2.24) is 10.4 Å². The molecule has 2 N–H and O–H groups in total. The first-order valence-electron chi connectivity index (χ1n) is 8.50. The van der Waals surface area contributed by atoms with E-state index in [-0.39, 0.29) is 12.5 Å². The molecule has 1 heterocycles. The number of H-pyrrole nitrogens is 1. The Kier molecular flexibility index (Phi) is 5.45. The Bertz CT molecular complexity index is 1200. The molecule has 28 heavy (non-hydrogen) atoms. The Hall–Kier alpha value is -2.64. The van der Waals surface area contributed by atoms with E-state index in [0.717, 1.165) is 36.2 Å². The molecule has 0 spiro atoms. The molecule has 0 saturated heterocycles. The van der Waals surface area contributed by atoms with Crippen LogP contribution >= 0.6 is 31.9 Å². The van der Waals surface area contributed by atoms with Gasteiger partial charge in [0.1, 0.15) is 5.75 Å². The van der Waals surface area contributed by atoms with Crippen molar-refractivity contribution in [1.29, 1.82) is 0 Å². The van der Waals surface area contributed by atoms with Gasteiger partial charge in [-0.05, 0) is 51.0 Å². The molecule has 5 nitrogen and oxygen atoms in total. The second kappa shape index (κ2) is 8.16. The number of aromatic amines is 1. The number of nitrogens with one attached hydrogen (secondary N) is 2. The van der Waals surface area contributed by atoms with E-state index in [0.29, 0.717) is 5.75 Å². The zero-order valence-corrected chi connectivity index (χ0v) is 17.7. The number of ether oxygens (including phenoxy) is 1. The average molecular weight is 501 g/mol. The number of hydrogen-bond donors (Lipinski definition) is 2. The maximum absolute atomic E-state index is 12.0. The number of aromatic nitrogens is 1. The summed E-state index contributed by atoms with van der Waals surface area (Å²) in [6, 6.07) is 17.7. The van der Waals surface area contributed by atoms with Crippen LogP contribution in [0.15, 0.2) is 74.8 Å². The minimum Gasteiger partial charge on any atom is -0.483 e. The predicted octanol–water partition coefficient (Wildman–Crippen LogP) is 5.38. The van der Waals surface area contributed by atoms with Crippen LogP contribution in [0.25, 0.3) is 21.7 Å². The molecule has 0 aliphatic rings. The summed E-state index contributed by atoms with van der Waals surface area (Å²) in [5.74, 6) is 0.268. The zero-order valence-electron chi connectivity index (χ0n) is 14.6. The monoisotopic (exact) mass is 499 g/mol. The van der Waals surface area contributed by atoms with Crippen LogP contribution in [0.3, 0.4) is 0 Å². The van der Waals surface area contributed by atoms with Gasteiger partial charge in [-0.3, -0.25) is 4.79 Å². The van der Waals surface area contributed by atoms with Gasteiger partial charge < -0.3 is 9.72 Å². The van der Waals surface area contributed by atoms with Gasteiger partial charge >= 0.3 is 0 Å². The van der Waals surface area contributed by atoms with Crippen molar-refractivity contribution in [2.75, 3.05) is 6.61 Å². The highest BCUT2D eigenvalue weighted by atomic mass is 79.9. The smallest absolute Gasteiger partial charge is 0.277 e. The van der Waals surface area contributed by atoms with Crippen LogP contribution in [0.5, 0.6) is 5.75 Å². The molecule has 0 fully saturated rings. The number of hydrogen-bond acceptors (Lipinski definition) is 3. The van der Waals surface area contributed by atoms with Crippen LogP contribution in [-0.2, 0) is 4.79 Å². The lowest BCUT2D eigenvalue weighted by atomic mass is 10.1. The largest absolute Gasteiger partial charge is 0.483 e. The lowest BCUT2D eigenvalue weighted by Crippen LogP contribution is -2.24. The van der Waals surface area contributed by atoms with E-state index in [1.165, 1.54) is 0 Å². The number of nitrogens with zero attached hydrogens (tertiary/aromatic N) is 1. The van der Waals surface area contributed by atoms with E-state index in [1.54, 1.807) is 6.21 Å². The number of hydrazone groups is 1.